The third-order valence-corrected chi connectivity index (χ3v) is 4.13. The summed E-state index contributed by atoms with van der Waals surface area (Å²) in [4.78, 5) is 22.4. The van der Waals surface area contributed by atoms with E-state index < -0.39 is 4.92 Å². The Morgan fingerprint density at radius 2 is 2.25 bits per heavy atom. The largest absolute Gasteiger partial charge is 0.381 e. The molecule has 1 aliphatic rings. The number of carbonyl (C=O) groups is 1. The maximum absolute atomic E-state index is 12.1. The molecular formula is C13H15BrN2O4. The third kappa shape index (κ3) is 3.34. The molecular weight excluding hydrogens is 328 g/mol. The highest BCUT2D eigenvalue weighted by atomic mass is 79.9. The molecule has 0 aromatic heterocycles. The number of hydrogen-bond donors (Lipinski definition) is 1. The molecule has 0 heterocycles. The van der Waals surface area contributed by atoms with Crippen molar-refractivity contribution in [3.8, 4) is 0 Å². The molecule has 1 amide bonds. The SMILES string of the molecule is COC1CCC(NC(=O)c2ccc(Br)c([N+](=O)[O-])c2)C1. The number of carbonyl (C=O) groups excluding carboxylic acids is 1. The second-order valence-corrected chi connectivity index (χ2v) is 5.62. The molecule has 1 saturated carbocycles. The van der Waals surface area contributed by atoms with Crippen LogP contribution in [0.2, 0.25) is 0 Å². The van der Waals surface area contributed by atoms with E-state index in [1.54, 1.807) is 13.2 Å². The van der Waals surface area contributed by atoms with Gasteiger partial charge in [-0.2, -0.15) is 0 Å². The van der Waals surface area contributed by atoms with Gasteiger partial charge in [0, 0.05) is 24.8 Å². The summed E-state index contributed by atoms with van der Waals surface area (Å²) in [5.41, 5.74) is 0.180. The molecule has 1 fully saturated rings. The maximum atomic E-state index is 12.1. The molecule has 2 atom stereocenters. The molecule has 2 rings (SSSR count). The van der Waals surface area contributed by atoms with Crippen LogP contribution in [0.1, 0.15) is 29.6 Å². The first kappa shape index (κ1) is 14.9. The Hall–Kier alpha value is -1.47. The monoisotopic (exact) mass is 342 g/mol. The van der Waals surface area contributed by atoms with Crippen molar-refractivity contribution in [3.63, 3.8) is 0 Å². The van der Waals surface area contributed by atoms with Gasteiger partial charge in [0.05, 0.1) is 15.5 Å². The van der Waals surface area contributed by atoms with E-state index in [1.807, 2.05) is 0 Å². The van der Waals surface area contributed by atoms with E-state index in [9.17, 15) is 14.9 Å². The molecule has 0 bridgehead atoms. The van der Waals surface area contributed by atoms with Crippen molar-refractivity contribution in [1.29, 1.82) is 0 Å². The van der Waals surface area contributed by atoms with Gasteiger partial charge in [0.15, 0.2) is 0 Å². The Labute approximate surface area is 124 Å². The van der Waals surface area contributed by atoms with Crippen LogP contribution in [-0.4, -0.2) is 30.1 Å². The lowest BCUT2D eigenvalue weighted by Crippen LogP contribution is -2.33. The average Bonchev–Trinajstić information content (AvgIpc) is 2.86. The summed E-state index contributed by atoms with van der Waals surface area (Å²) in [5, 5.41) is 13.7. The number of nitrogens with one attached hydrogen (secondary N) is 1. The van der Waals surface area contributed by atoms with Gasteiger partial charge in [-0.3, -0.25) is 14.9 Å². The second-order valence-electron chi connectivity index (χ2n) is 4.76. The number of amides is 1. The first-order valence-electron chi connectivity index (χ1n) is 6.29. The van der Waals surface area contributed by atoms with Gasteiger partial charge in [0.1, 0.15) is 0 Å². The first-order chi connectivity index (χ1) is 9.51. The minimum Gasteiger partial charge on any atom is -0.381 e. The van der Waals surface area contributed by atoms with E-state index in [1.165, 1.54) is 12.1 Å². The number of nitrogens with zero attached hydrogens (tertiary/aromatic N) is 1. The number of halogens is 1. The van der Waals surface area contributed by atoms with Gasteiger partial charge in [-0.15, -0.1) is 0 Å². The van der Waals surface area contributed by atoms with Crippen molar-refractivity contribution >= 4 is 27.5 Å². The van der Waals surface area contributed by atoms with E-state index in [0.29, 0.717) is 10.0 Å². The molecule has 1 aliphatic carbocycles. The van der Waals surface area contributed by atoms with Crippen molar-refractivity contribution < 1.29 is 14.5 Å². The summed E-state index contributed by atoms with van der Waals surface area (Å²) in [6.07, 6.45) is 2.74. The predicted octanol–water partition coefficient (Wildman–Crippen LogP) is 2.65. The highest BCUT2D eigenvalue weighted by molar-refractivity contribution is 9.10. The van der Waals surface area contributed by atoms with Crippen LogP contribution in [0.15, 0.2) is 22.7 Å². The highest BCUT2D eigenvalue weighted by Gasteiger charge is 2.26. The number of benzene rings is 1. The molecule has 2 unspecified atom stereocenters. The zero-order chi connectivity index (χ0) is 14.7. The van der Waals surface area contributed by atoms with Gasteiger partial charge in [0.2, 0.25) is 0 Å². The van der Waals surface area contributed by atoms with Gasteiger partial charge in [-0.05, 0) is 47.3 Å². The lowest BCUT2D eigenvalue weighted by Gasteiger charge is -2.13. The Balaban J connectivity index is 2.06. The number of nitro groups is 1. The smallest absolute Gasteiger partial charge is 0.284 e. The molecule has 0 radical (unpaired) electrons. The van der Waals surface area contributed by atoms with Crippen LogP contribution in [0.25, 0.3) is 0 Å². The molecule has 7 heteroatoms. The van der Waals surface area contributed by atoms with E-state index >= 15 is 0 Å². The number of methoxy groups -OCH3 is 1. The van der Waals surface area contributed by atoms with Crippen LogP contribution < -0.4 is 5.32 Å². The molecule has 108 valence electrons. The standard InChI is InChI=1S/C13H15BrN2O4/c1-20-10-4-3-9(7-10)15-13(17)8-2-5-11(14)12(6-8)16(18)19/h2,5-6,9-10H,3-4,7H2,1H3,(H,15,17). The van der Waals surface area contributed by atoms with Crippen LogP contribution >= 0.6 is 15.9 Å². The van der Waals surface area contributed by atoms with Crippen LogP contribution in [0.3, 0.4) is 0 Å². The summed E-state index contributed by atoms with van der Waals surface area (Å²) < 4.78 is 5.61. The van der Waals surface area contributed by atoms with Crippen LogP contribution in [0.4, 0.5) is 5.69 Å². The Kier molecular flexibility index (Phi) is 4.72. The van der Waals surface area contributed by atoms with Crippen molar-refractivity contribution in [3.05, 3.63) is 38.3 Å². The zero-order valence-electron chi connectivity index (χ0n) is 11.0. The fourth-order valence-electron chi connectivity index (χ4n) is 2.35. The summed E-state index contributed by atoms with van der Waals surface area (Å²) in [5.74, 6) is -0.289. The molecule has 0 saturated heterocycles. The molecule has 20 heavy (non-hydrogen) atoms. The Bertz CT molecular complexity index is 535. The molecule has 0 spiro atoms. The second kappa shape index (κ2) is 6.32. The van der Waals surface area contributed by atoms with Crippen LogP contribution in [0, 0.1) is 10.1 Å². The fourth-order valence-corrected chi connectivity index (χ4v) is 2.74. The summed E-state index contributed by atoms with van der Waals surface area (Å²) >= 11 is 3.10. The topological polar surface area (TPSA) is 81.5 Å². The lowest BCUT2D eigenvalue weighted by molar-refractivity contribution is -0.385. The van der Waals surface area contributed by atoms with Crippen molar-refractivity contribution in [2.45, 2.75) is 31.4 Å². The van der Waals surface area contributed by atoms with Gasteiger partial charge >= 0.3 is 0 Å². The van der Waals surface area contributed by atoms with Crippen molar-refractivity contribution in [2.24, 2.45) is 0 Å². The summed E-state index contributed by atoms with van der Waals surface area (Å²) in [6, 6.07) is 4.42. The van der Waals surface area contributed by atoms with Crippen LogP contribution in [0.5, 0.6) is 0 Å². The number of rotatable bonds is 4. The van der Waals surface area contributed by atoms with E-state index in [4.69, 9.17) is 4.74 Å². The van der Waals surface area contributed by atoms with Gasteiger partial charge in [-0.1, -0.05) is 0 Å². The lowest BCUT2D eigenvalue weighted by atomic mass is 10.1. The number of hydrogen-bond acceptors (Lipinski definition) is 4. The van der Waals surface area contributed by atoms with Gasteiger partial charge < -0.3 is 10.1 Å². The quantitative estimate of drug-likeness (QED) is 0.673. The minimum absolute atomic E-state index is 0.0650. The fraction of sp³-hybridized carbons (Fsp3) is 0.462. The van der Waals surface area contributed by atoms with E-state index in [0.717, 1.165) is 19.3 Å². The van der Waals surface area contributed by atoms with Gasteiger partial charge in [0.25, 0.3) is 11.6 Å². The normalized spacial score (nSPS) is 21.7. The predicted molar refractivity (Wildman–Crippen MR) is 76.7 cm³/mol. The number of nitro benzene ring substituents is 1. The van der Waals surface area contributed by atoms with Crippen LogP contribution in [-0.2, 0) is 4.74 Å². The Morgan fingerprint density at radius 3 is 2.85 bits per heavy atom. The molecule has 0 aliphatic heterocycles. The first-order valence-corrected chi connectivity index (χ1v) is 7.08. The number of ether oxygens (including phenoxy) is 1. The maximum Gasteiger partial charge on any atom is 0.284 e. The molecule has 1 aromatic carbocycles. The highest BCUT2D eigenvalue weighted by Crippen LogP contribution is 2.26. The van der Waals surface area contributed by atoms with E-state index in [-0.39, 0.29) is 23.7 Å². The van der Waals surface area contributed by atoms with Crippen molar-refractivity contribution in [2.75, 3.05) is 7.11 Å². The molecule has 1 N–H and O–H groups in total. The molecule has 1 aromatic rings. The zero-order valence-corrected chi connectivity index (χ0v) is 12.6. The molecule has 6 nitrogen and oxygen atoms in total. The van der Waals surface area contributed by atoms with Gasteiger partial charge in [-0.25, -0.2) is 0 Å². The van der Waals surface area contributed by atoms with E-state index in [2.05, 4.69) is 21.2 Å². The third-order valence-electron chi connectivity index (χ3n) is 3.46. The Morgan fingerprint density at radius 1 is 1.50 bits per heavy atom. The summed E-state index contributed by atoms with van der Waals surface area (Å²) in [6.45, 7) is 0. The minimum atomic E-state index is -0.516. The van der Waals surface area contributed by atoms with Crippen molar-refractivity contribution in [1.82, 2.24) is 5.32 Å². The average molecular weight is 343 g/mol. The summed E-state index contributed by atoms with van der Waals surface area (Å²) in [7, 11) is 1.66.